The molecule has 0 bridgehead atoms. The van der Waals surface area contributed by atoms with E-state index in [4.69, 9.17) is 4.42 Å². The zero-order valence-corrected chi connectivity index (χ0v) is 24.9. The van der Waals surface area contributed by atoms with Crippen LogP contribution in [0, 0.1) is 18.6 Å². The molecule has 6 rings (SSSR count). The first kappa shape index (κ1) is 25.5. The number of aryl methyl sites for hydroxylation is 2. The first-order valence-electron chi connectivity index (χ1n) is 13.1. The molecule has 0 fully saturated rings. The SMILES string of the molecule is Cc1ccc2c(oc3c(-c4cccc(-c5ccccc5)c4)c(F)ccc32)c1-c1cc(F)[c]([Ge]([CH3])([CH3])[CH3])c[n+]1C. The number of nitrogens with zero attached hydrogens (tertiary/aromatic N) is 1. The summed E-state index contributed by atoms with van der Waals surface area (Å²) in [5, 5.41) is 1.71. The summed E-state index contributed by atoms with van der Waals surface area (Å²) in [6.45, 7) is 2.00. The van der Waals surface area contributed by atoms with Crippen LogP contribution in [0.15, 0.2) is 95.5 Å². The van der Waals surface area contributed by atoms with Gasteiger partial charge in [0.15, 0.2) is 0 Å². The van der Waals surface area contributed by atoms with Gasteiger partial charge < -0.3 is 0 Å². The minimum atomic E-state index is -2.41. The quantitative estimate of drug-likeness (QED) is 0.151. The Morgan fingerprint density at radius 1 is 0.667 bits per heavy atom. The van der Waals surface area contributed by atoms with Crippen LogP contribution in [-0.4, -0.2) is 13.3 Å². The van der Waals surface area contributed by atoms with Crippen LogP contribution in [0.2, 0.25) is 17.3 Å². The molecule has 0 amide bonds. The zero-order chi connectivity index (χ0) is 27.5. The van der Waals surface area contributed by atoms with Crippen molar-refractivity contribution in [1.82, 2.24) is 0 Å². The molecule has 0 spiro atoms. The van der Waals surface area contributed by atoms with Crippen molar-refractivity contribution < 1.29 is 17.8 Å². The van der Waals surface area contributed by atoms with Gasteiger partial charge in [-0.15, -0.1) is 0 Å². The summed E-state index contributed by atoms with van der Waals surface area (Å²) in [5.41, 5.74) is 6.89. The molecule has 0 saturated heterocycles. The topological polar surface area (TPSA) is 17.0 Å². The number of benzene rings is 4. The summed E-state index contributed by atoms with van der Waals surface area (Å²) in [5.74, 6) is 6.04. The molecule has 5 heteroatoms. The summed E-state index contributed by atoms with van der Waals surface area (Å²) in [4.78, 5) is 0. The van der Waals surface area contributed by atoms with E-state index in [9.17, 15) is 0 Å². The van der Waals surface area contributed by atoms with E-state index in [1.54, 1.807) is 12.1 Å². The molecule has 0 saturated carbocycles. The molecule has 2 aromatic heterocycles. The fraction of sp³-hybridized carbons (Fsp3) is 0.147. The average molecular weight is 579 g/mol. The van der Waals surface area contributed by atoms with Crippen LogP contribution >= 0.6 is 0 Å². The standard InChI is InChI=1S/C34H30F2GeNO/c1-21-14-15-25-26-16-17-27(35)32(24-13-9-12-23(18-24)22-10-7-6-8-11-22)34(26)39-33(25)31(21)30-19-28(36)29(20-38(30)5)37(2,3)4/h6-20H,1-5H3/q+1. The van der Waals surface area contributed by atoms with Crippen molar-refractivity contribution in [1.29, 1.82) is 0 Å². The van der Waals surface area contributed by atoms with Crippen molar-refractivity contribution in [3.8, 4) is 33.5 Å². The molecule has 2 nitrogen and oxygen atoms in total. The summed E-state index contributed by atoms with van der Waals surface area (Å²) in [6, 6.07) is 26.9. The molecular weight excluding hydrogens is 549 g/mol. The molecule has 0 aliphatic carbocycles. The summed E-state index contributed by atoms with van der Waals surface area (Å²) < 4.78 is 40.3. The Balaban J connectivity index is 1.61. The fourth-order valence-electron chi connectivity index (χ4n) is 5.48. The van der Waals surface area contributed by atoms with E-state index in [1.807, 2.05) is 91.5 Å². The molecular formula is C34H30F2GeNO+. The van der Waals surface area contributed by atoms with E-state index in [0.29, 0.717) is 16.7 Å². The van der Waals surface area contributed by atoms with E-state index in [2.05, 4.69) is 17.3 Å². The number of furan rings is 1. The second kappa shape index (κ2) is 9.46. The van der Waals surface area contributed by atoms with Gasteiger partial charge >= 0.3 is 188 Å². The van der Waals surface area contributed by atoms with Crippen molar-refractivity contribution in [2.24, 2.45) is 7.05 Å². The Morgan fingerprint density at radius 2 is 1.31 bits per heavy atom. The predicted octanol–water partition coefficient (Wildman–Crippen LogP) is 8.54. The third kappa shape index (κ3) is 4.37. The Hall–Kier alpha value is -3.77. The van der Waals surface area contributed by atoms with Crippen LogP contribution < -0.4 is 8.96 Å². The third-order valence-electron chi connectivity index (χ3n) is 7.51. The number of hydrogen-bond acceptors (Lipinski definition) is 1. The zero-order valence-electron chi connectivity index (χ0n) is 22.8. The summed E-state index contributed by atoms with van der Waals surface area (Å²) >= 11 is -2.41. The average Bonchev–Trinajstić information content (AvgIpc) is 3.28. The molecule has 0 atom stereocenters. The van der Waals surface area contributed by atoms with Gasteiger partial charge in [0, 0.05) is 0 Å². The third-order valence-corrected chi connectivity index (χ3v) is 11.7. The van der Waals surface area contributed by atoms with E-state index in [0.717, 1.165) is 48.7 Å². The molecule has 0 N–H and O–H groups in total. The van der Waals surface area contributed by atoms with Crippen molar-refractivity contribution in [3.63, 3.8) is 0 Å². The Labute approximate surface area is 229 Å². The van der Waals surface area contributed by atoms with Gasteiger partial charge in [0.05, 0.1) is 0 Å². The van der Waals surface area contributed by atoms with E-state index < -0.39 is 13.3 Å². The van der Waals surface area contributed by atoms with Crippen LogP contribution in [0.5, 0.6) is 0 Å². The van der Waals surface area contributed by atoms with Gasteiger partial charge in [-0.3, -0.25) is 0 Å². The van der Waals surface area contributed by atoms with E-state index in [-0.39, 0.29) is 11.6 Å². The van der Waals surface area contributed by atoms with Gasteiger partial charge in [0.25, 0.3) is 0 Å². The molecule has 39 heavy (non-hydrogen) atoms. The Bertz CT molecular complexity index is 1880. The first-order chi connectivity index (χ1) is 18.6. The molecule has 0 radical (unpaired) electrons. The second-order valence-corrected chi connectivity index (χ2v) is 21.8. The van der Waals surface area contributed by atoms with Crippen molar-refractivity contribution in [3.05, 3.63) is 108 Å². The van der Waals surface area contributed by atoms with Crippen molar-refractivity contribution >= 4 is 39.6 Å². The Kier molecular flexibility index (Phi) is 6.18. The predicted molar refractivity (Wildman–Crippen MR) is 159 cm³/mol. The van der Waals surface area contributed by atoms with E-state index in [1.165, 1.54) is 6.07 Å². The molecule has 6 aromatic rings. The number of rotatable bonds is 4. The van der Waals surface area contributed by atoms with Crippen molar-refractivity contribution in [2.75, 3.05) is 0 Å². The number of hydrogen-bond donors (Lipinski definition) is 0. The van der Waals surface area contributed by atoms with Crippen LogP contribution in [-0.2, 0) is 7.05 Å². The maximum atomic E-state index is 15.5. The Morgan fingerprint density at radius 3 is 2.03 bits per heavy atom. The number of pyridine rings is 1. The maximum absolute atomic E-state index is 15.5. The molecule has 2 heterocycles. The minimum absolute atomic E-state index is 0.174. The van der Waals surface area contributed by atoms with Gasteiger partial charge in [-0.25, -0.2) is 0 Å². The van der Waals surface area contributed by atoms with Crippen LogP contribution in [0.1, 0.15) is 5.56 Å². The van der Waals surface area contributed by atoms with Crippen molar-refractivity contribution in [2.45, 2.75) is 24.2 Å². The molecule has 0 unspecified atom stereocenters. The van der Waals surface area contributed by atoms with Gasteiger partial charge in [0.1, 0.15) is 0 Å². The second-order valence-electron chi connectivity index (χ2n) is 11.3. The normalized spacial score (nSPS) is 12.0. The number of aromatic nitrogens is 1. The number of halogens is 2. The van der Waals surface area contributed by atoms with Gasteiger partial charge in [-0.2, -0.15) is 0 Å². The summed E-state index contributed by atoms with van der Waals surface area (Å²) in [7, 11) is 1.95. The van der Waals surface area contributed by atoms with Crippen LogP contribution in [0.25, 0.3) is 55.4 Å². The van der Waals surface area contributed by atoms with Gasteiger partial charge in [-0.05, 0) is 5.56 Å². The van der Waals surface area contributed by atoms with Crippen LogP contribution in [0.3, 0.4) is 0 Å². The van der Waals surface area contributed by atoms with Gasteiger partial charge in [0.2, 0.25) is 0 Å². The first-order valence-corrected chi connectivity index (χ1v) is 20.5. The fourth-order valence-corrected chi connectivity index (χ4v) is 8.35. The molecule has 4 aromatic carbocycles. The monoisotopic (exact) mass is 580 g/mol. The molecule has 0 aliphatic rings. The van der Waals surface area contributed by atoms with E-state index >= 15 is 8.78 Å². The molecule has 0 aliphatic heterocycles. The van der Waals surface area contributed by atoms with Crippen LogP contribution in [0.4, 0.5) is 8.78 Å². The number of fused-ring (bicyclic) bond motifs is 3. The summed E-state index contributed by atoms with van der Waals surface area (Å²) in [6.07, 6.45) is 1.94. The van der Waals surface area contributed by atoms with Gasteiger partial charge in [-0.1, -0.05) is 36.4 Å². The molecule has 194 valence electrons.